The summed E-state index contributed by atoms with van der Waals surface area (Å²) < 4.78 is 31.8. The Kier molecular flexibility index (Phi) is 5.38. The summed E-state index contributed by atoms with van der Waals surface area (Å²) in [6.45, 7) is 1.42. The smallest absolute Gasteiger partial charge is 0.269 e. The highest BCUT2D eigenvalue weighted by atomic mass is 32.2. The summed E-state index contributed by atoms with van der Waals surface area (Å²) in [6, 6.07) is 10.1. The molecule has 0 saturated carbocycles. The molecule has 0 atom stereocenters. The normalized spacial score (nSPS) is 11.0. The van der Waals surface area contributed by atoms with Gasteiger partial charge in [-0.15, -0.1) is 0 Å². The summed E-state index contributed by atoms with van der Waals surface area (Å²) in [7, 11) is -2.68. The van der Waals surface area contributed by atoms with Crippen molar-refractivity contribution in [2.45, 2.75) is 18.2 Å². The van der Waals surface area contributed by atoms with Gasteiger partial charge in [-0.3, -0.25) is 14.9 Å². The van der Waals surface area contributed by atoms with Crippen LogP contribution in [0.15, 0.2) is 47.4 Å². The minimum atomic E-state index is -4.14. The van der Waals surface area contributed by atoms with Gasteiger partial charge in [0.05, 0.1) is 23.3 Å². The Labute approximate surface area is 144 Å². The van der Waals surface area contributed by atoms with Crippen molar-refractivity contribution in [3.8, 4) is 5.75 Å². The number of nitrogens with one attached hydrogen (secondary N) is 1. The van der Waals surface area contributed by atoms with Gasteiger partial charge in [-0.05, 0) is 24.6 Å². The predicted molar refractivity (Wildman–Crippen MR) is 89.9 cm³/mol. The third kappa shape index (κ3) is 4.32. The highest BCUT2D eigenvalue weighted by Crippen LogP contribution is 2.22. The molecule has 25 heavy (non-hydrogen) atoms. The zero-order valence-electron chi connectivity index (χ0n) is 13.6. The van der Waals surface area contributed by atoms with E-state index in [1.54, 1.807) is 24.3 Å². The first-order chi connectivity index (χ1) is 11.7. The molecule has 2 rings (SSSR count). The van der Waals surface area contributed by atoms with E-state index >= 15 is 0 Å². The van der Waals surface area contributed by atoms with Crippen molar-refractivity contribution in [3.05, 3.63) is 63.7 Å². The number of carbonyl (C=O) groups excluding carboxylic acids is 1. The number of nitro groups is 1. The van der Waals surface area contributed by atoms with Crippen LogP contribution in [0.3, 0.4) is 0 Å². The fraction of sp³-hybridized carbons (Fsp3) is 0.188. The van der Waals surface area contributed by atoms with Crippen LogP contribution >= 0.6 is 0 Å². The van der Waals surface area contributed by atoms with Gasteiger partial charge < -0.3 is 4.74 Å². The molecule has 0 aromatic heterocycles. The molecule has 1 N–H and O–H groups in total. The third-order valence-electron chi connectivity index (χ3n) is 3.45. The second kappa shape index (κ2) is 7.31. The molecular formula is C16H16N2O6S. The van der Waals surface area contributed by atoms with Crippen LogP contribution in [-0.4, -0.2) is 26.4 Å². The van der Waals surface area contributed by atoms with Crippen LogP contribution < -0.4 is 9.46 Å². The summed E-state index contributed by atoms with van der Waals surface area (Å²) in [5.74, 6) is -0.260. The number of benzene rings is 2. The molecule has 0 aliphatic heterocycles. The molecule has 2 aromatic rings. The minimum Gasteiger partial charge on any atom is -0.496 e. The molecule has 0 aliphatic carbocycles. The molecule has 0 radical (unpaired) electrons. The third-order valence-corrected chi connectivity index (χ3v) is 4.98. The molecule has 0 heterocycles. The quantitative estimate of drug-likeness (QED) is 0.619. The van der Waals surface area contributed by atoms with Gasteiger partial charge in [-0.1, -0.05) is 18.2 Å². The van der Waals surface area contributed by atoms with Crippen molar-refractivity contribution in [3.63, 3.8) is 0 Å². The number of nitrogens with zero attached hydrogens (tertiary/aromatic N) is 1. The molecule has 9 heteroatoms. The zero-order chi connectivity index (χ0) is 18.6. The van der Waals surface area contributed by atoms with E-state index < -0.39 is 20.9 Å². The van der Waals surface area contributed by atoms with E-state index in [1.165, 1.54) is 14.0 Å². The Morgan fingerprint density at radius 3 is 2.52 bits per heavy atom. The highest BCUT2D eigenvalue weighted by Gasteiger charge is 2.22. The van der Waals surface area contributed by atoms with Crippen molar-refractivity contribution in [2.75, 3.05) is 7.11 Å². The minimum absolute atomic E-state index is 0.173. The molecule has 0 bridgehead atoms. The number of methoxy groups -OCH3 is 1. The number of rotatable bonds is 6. The average molecular weight is 364 g/mol. The fourth-order valence-corrected chi connectivity index (χ4v) is 3.52. The maximum atomic E-state index is 12.4. The molecule has 8 nitrogen and oxygen atoms in total. The van der Waals surface area contributed by atoms with Gasteiger partial charge in [-0.2, -0.15) is 0 Å². The molecule has 2 aromatic carbocycles. The number of non-ortho nitro benzene ring substituents is 1. The van der Waals surface area contributed by atoms with Crippen LogP contribution in [0.1, 0.15) is 11.1 Å². The largest absolute Gasteiger partial charge is 0.496 e. The Morgan fingerprint density at radius 2 is 1.92 bits per heavy atom. The number of aryl methyl sites for hydroxylation is 1. The first kappa shape index (κ1) is 18.4. The Bertz CT molecular complexity index is 924. The summed E-state index contributed by atoms with van der Waals surface area (Å²) in [6.07, 6.45) is -0.185. The standard InChI is InChI=1S/C16H16N2O6S/c1-11-9-13(18(20)21)7-8-15(11)25(22,23)17-16(19)10-12-5-3-4-6-14(12)24-2/h3-9H,10H2,1-2H3,(H,17,19). The average Bonchev–Trinajstić information content (AvgIpc) is 2.54. The van der Waals surface area contributed by atoms with Crippen molar-refractivity contribution >= 4 is 21.6 Å². The van der Waals surface area contributed by atoms with Crippen LogP contribution in [-0.2, 0) is 21.2 Å². The fourth-order valence-electron chi connectivity index (χ4n) is 2.31. The van der Waals surface area contributed by atoms with Crippen molar-refractivity contribution in [1.29, 1.82) is 0 Å². The number of hydrogen-bond donors (Lipinski definition) is 1. The number of nitro benzene ring substituents is 1. The van der Waals surface area contributed by atoms with Gasteiger partial charge in [-0.25, -0.2) is 13.1 Å². The molecule has 132 valence electrons. The van der Waals surface area contributed by atoms with Gasteiger partial charge in [0.1, 0.15) is 5.75 Å². The number of sulfonamides is 1. The second-order valence-corrected chi connectivity index (χ2v) is 6.88. The van der Waals surface area contributed by atoms with Gasteiger partial charge in [0, 0.05) is 17.7 Å². The lowest BCUT2D eigenvalue weighted by atomic mass is 10.1. The van der Waals surface area contributed by atoms with Crippen LogP contribution in [0.4, 0.5) is 5.69 Å². The predicted octanol–water partition coefficient (Wildman–Crippen LogP) is 1.96. The first-order valence-electron chi connectivity index (χ1n) is 7.17. The molecule has 0 spiro atoms. The summed E-state index contributed by atoms with van der Waals surface area (Å²) in [4.78, 5) is 22.0. The van der Waals surface area contributed by atoms with E-state index in [4.69, 9.17) is 4.74 Å². The SMILES string of the molecule is COc1ccccc1CC(=O)NS(=O)(=O)c1ccc([N+](=O)[O-])cc1C. The molecule has 0 saturated heterocycles. The monoisotopic (exact) mass is 364 g/mol. The molecule has 1 amide bonds. The summed E-state index contributed by atoms with van der Waals surface area (Å²) in [5, 5.41) is 10.7. The first-order valence-corrected chi connectivity index (χ1v) is 8.65. The highest BCUT2D eigenvalue weighted by molar-refractivity contribution is 7.90. The Balaban J connectivity index is 2.21. The topological polar surface area (TPSA) is 116 Å². The second-order valence-electron chi connectivity index (χ2n) is 5.22. The van der Waals surface area contributed by atoms with Crippen LogP contribution in [0.25, 0.3) is 0 Å². The van der Waals surface area contributed by atoms with Crippen LogP contribution in [0.2, 0.25) is 0 Å². The van der Waals surface area contributed by atoms with Gasteiger partial charge in [0.2, 0.25) is 5.91 Å². The van der Waals surface area contributed by atoms with E-state index in [1.807, 2.05) is 4.72 Å². The lowest BCUT2D eigenvalue weighted by molar-refractivity contribution is -0.385. The molecule has 0 aliphatic rings. The Hall–Kier alpha value is -2.94. The van der Waals surface area contributed by atoms with E-state index in [0.29, 0.717) is 11.3 Å². The zero-order valence-corrected chi connectivity index (χ0v) is 14.4. The van der Waals surface area contributed by atoms with Crippen LogP contribution in [0, 0.1) is 17.0 Å². The van der Waals surface area contributed by atoms with Crippen molar-refractivity contribution < 1.29 is 22.9 Å². The lowest BCUT2D eigenvalue weighted by Gasteiger charge is -2.11. The van der Waals surface area contributed by atoms with E-state index in [-0.39, 0.29) is 22.6 Å². The number of hydrogen-bond acceptors (Lipinski definition) is 6. The Morgan fingerprint density at radius 1 is 1.24 bits per heavy atom. The molecule has 0 fully saturated rings. The van der Waals surface area contributed by atoms with Gasteiger partial charge in [0.15, 0.2) is 0 Å². The maximum Gasteiger partial charge on any atom is 0.269 e. The number of carbonyl (C=O) groups is 1. The number of ether oxygens (including phenoxy) is 1. The van der Waals surface area contributed by atoms with Gasteiger partial charge >= 0.3 is 0 Å². The lowest BCUT2D eigenvalue weighted by Crippen LogP contribution is -2.32. The summed E-state index contributed by atoms with van der Waals surface area (Å²) in [5.41, 5.74) is 0.488. The van der Waals surface area contributed by atoms with E-state index in [0.717, 1.165) is 18.2 Å². The van der Waals surface area contributed by atoms with Gasteiger partial charge in [0.25, 0.3) is 15.7 Å². The van der Waals surface area contributed by atoms with Crippen molar-refractivity contribution in [2.24, 2.45) is 0 Å². The van der Waals surface area contributed by atoms with Crippen molar-refractivity contribution in [1.82, 2.24) is 4.72 Å². The van der Waals surface area contributed by atoms with E-state index in [9.17, 15) is 23.3 Å². The number of para-hydroxylation sites is 1. The summed E-state index contributed by atoms with van der Waals surface area (Å²) >= 11 is 0. The van der Waals surface area contributed by atoms with E-state index in [2.05, 4.69) is 0 Å². The molecule has 0 unspecified atom stereocenters. The van der Waals surface area contributed by atoms with Crippen LogP contribution in [0.5, 0.6) is 5.75 Å². The molecular weight excluding hydrogens is 348 g/mol. The number of amides is 1. The maximum absolute atomic E-state index is 12.4.